The molecular weight excluding hydrogens is 406 g/mol. The van der Waals surface area contributed by atoms with Crippen LogP contribution in [0.4, 0.5) is 17.3 Å². The molecule has 0 fully saturated rings. The van der Waals surface area contributed by atoms with Gasteiger partial charge in [0.05, 0.1) is 5.69 Å². The van der Waals surface area contributed by atoms with Crippen LogP contribution in [0, 0.1) is 13.8 Å². The maximum absolute atomic E-state index is 12.8. The summed E-state index contributed by atoms with van der Waals surface area (Å²) in [5.41, 5.74) is 5.80. The Morgan fingerprint density at radius 2 is 1.81 bits per heavy atom. The van der Waals surface area contributed by atoms with Gasteiger partial charge < -0.3 is 15.5 Å². The highest BCUT2D eigenvalue weighted by molar-refractivity contribution is 6.00. The molecule has 1 aliphatic rings. The Morgan fingerprint density at radius 3 is 2.50 bits per heavy atom. The Balaban J connectivity index is 1.62. The second kappa shape index (κ2) is 8.32. The molecule has 2 heterocycles. The van der Waals surface area contributed by atoms with E-state index in [-0.39, 0.29) is 11.5 Å². The Hall–Kier alpha value is -3.91. The van der Waals surface area contributed by atoms with E-state index >= 15 is 0 Å². The standard InChI is InChI=1S/C24H25N5O3/c1-14-8-10-18(11-9-14)26-23-27-20(16(3)21(30)28-23)17-6-5-7-19(12-17)25-22(31)24(4)13-15(2)32-29-24/h5-13,29H,1-4H3,(H,25,31)(H2,26,27,28,30). The van der Waals surface area contributed by atoms with Gasteiger partial charge in [-0.1, -0.05) is 29.8 Å². The Bertz CT molecular complexity index is 1260. The number of hydroxylamine groups is 1. The van der Waals surface area contributed by atoms with E-state index in [9.17, 15) is 9.59 Å². The molecule has 0 spiro atoms. The monoisotopic (exact) mass is 431 g/mol. The Morgan fingerprint density at radius 1 is 1.06 bits per heavy atom. The minimum absolute atomic E-state index is 0.237. The van der Waals surface area contributed by atoms with Gasteiger partial charge in [-0.15, -0.1) is 5.48 Å². The van der Waals surface area contributed by atoms with Gasteiger partial charge in [0.1, 0.15) is 5.76 Å². The van der Waals surface area contributed by atoms with E-state index in [0.29, 0.717) is 34.2 Å². The van der Waals surface area contributed by atoms with Crippen LogP contribution in [0.1, 0.15) is 25.0 Å². The summed E-state index contributed by atoms with van der Waals surface area (Å²) in [6.07, 6.45) is 1.72. The number of aromatic nitrogens is 2. The molecule has 0 aliphatic carbocycles. The molecule has 0 saturated carbocycles. The number of anilines is 3. The molecule has 1 aliphatic heterocycles. The van der Waals surface area contributed by atoms with Gasteiger partial charge in [0.25, 0.3) is 11.5 Å². The first kappa shape index (κ1) is 21.3. The quantitative estimate of drug-likeness (QED) is 0.487. The molecular formula is C24H25N5O3. The predicted octanol–water partition coefficient (Wildman–Crippen LogP) is 3.93. The number of aromatic amines is 1. The maximum atomic E-state index is 12.8. The number of hydrogen-bond donors (Lipinski definition) is 4. The van der Waals surface area contributed by atoms with Crippen LogP contribution in [-0.2, 0) is 9.63 Å². The molecule has 0 radical (unpaired) electrons. The van der Waals surface area contributed by atoms with E-state index in [1.807, 2.05) is 43.3 Å². The lowest BCUT2D eigenvalue weighted by Gasteiger charge is -2.20. The number of allylic oxidation sites excluding steroid dienone is 1. The first-order chi connectivity index (χ1) is 15.2. The SMILES string of the molecule is CC1=CC(C)(C(=O)Nc2cccc(-c3nc(Nc4ccc(C)cc4)[nH]c(=O)c3C)c2)NO1. The fourth-order valence-electron chi connectivity index (χ4n) is 3.42. The van der Waals surface area contributed by atoms with Crippen molar-refractivity contribution in [2.24, 2.45) is 0 Å². The van der Waals surface area contributed by atoms with Gasteiger partial charge in [0.15, 0.2) is 5.54 Å². The largest absolute Gasteiger partial charge is 0.412 e. The summed E-state index contributed by atoms with van der Waals surface area (Å²) in [5.74, 6) is 0.714. The third-order valence-corrected chi connectivity index (χ3v) is 5.25. The van der Waals surface area contributed by atoms with E-state index in [1.165, 1.54) is 0 Å². The van der Waals surface area contributed by atoms with Crippen molar-refractivity contribution in [1.29, 1.82) is 0 Å². The molecule has 1 unspecified atom stereocenters. The highest BCUT2D eigenvalue weighted by Gasteiger charge is 2.36. The molecule has 8 heteroatoms. The van der Waals surface area contributed by atoms with Crippen molar-refractivity contribution in [3.05, 3.63) is 81.8 Å². The minimum atomic E-state index is -0.969. The highest BCUT2D eigenvalue weighted by atomic mass is 16.7. The molecule has 1 aromatic heterocycles. The number of rotatable bonds is 5. The number of carbonyl (C=O) groups is 1. The van der Waals surface area contributed by atoms with Crippen LogP contribution < -0.4 is 21.7 Å². The van der Waals surface area contributed by atoms with E-state index in [0.717, 1.165) is 11.3 Å². The molecule has 4 rings (SSSR count). The predicted molar refractivity (Wildman–Crippen MR) is 125 cm³/mol. The van der Waals surface area contributed by atoms with Crippen LogP contribution in [0.15, 0.2) is 65.2 Å². The fraction of sp³-hybridized carbons (Fsp3) is 0.208. The summed E-state index contributed by atoms with van der Waals surface area (Å²) in [4.78, 5) is 37.9. The minimum Gasteiger partial charge on any atom is -0.412 e. The Kier molecular flexibility index (Phi) is 5.54. The highest BCUT2D eigenvalue weighted by Crippen LogP contribution is 2.26. The topological polar surface area (TPSA) is 108 Å². The number of aryl methyl sites for hydroxylation is 1. The van der Waals surface area contributed by atoms with Crippen molar-refractivity contribution in [2.45, 2.75) is 33.2 Å². The number of nitrogens with one attached hydrogen (secondary N) is 4. The van der Waals surface area contributed by atoms with Crippen molar-refractivity contribution in [3.63, 3.8) is 0 Å². The maximum Gasteiger partial charge on any atom is 0.255 e. The fourth-order valence-corrected chi connectivity index (χ4v) is 3.42. The van der Waals surface area contributed by atoms with Gasteiger partial charge in [0, 0.05) is 22.5 Å². The van der Waals surface area contributed by atoms with Crippen LogP contribution in [0.2, 0.25) is 0 Å². The van der Waals surface area contributed by atoms with Crippen molar-refractivity contribution >= 4 is 23.2 Å². The molecule has 0 bridgehead atoms. The van der Waals surface area contributed by atoms with Crippen molar-refractivity contribution in [1.82, 2.24) is 15.4 Å². The zero-order valence-electron chi connectivity index (χ0n) is 18.4. The zero-order valence-corrected chi connectivity index (χ0v) is 18.4. The molecule has 1 atom stereocenters. The first-order valence-electron chi connectivity index (χ1n) is 10.2. The van der Waals surface area contributed by atoms with Crippen LogP contribution in [-0.4, -0.2) is 21.4 Å². The summed E-state index contributed by atoms with van der Waals surface area (Å²) < 4.78 is 0. The third-order valence-electron chi connectivity index (χ3n) is 5.25. The molecule has 4 N–H and O–H groups in total. The lowest BCUT2D eigenvalue weighted by atomic mass is 10.0. The number of carbonyl (C=O) groups excluding carboxylic acids is 1. The summed E-state index contributed by atoms with van der Waals surface area (Å²) in [7, 11) is 0. The molecule has 2 aromatic carbocycles. The average Bonchev–Trinajstić information content (AvgIpc) is 3.12. The van der Waals surface area contributed by atoms with E-state index in [1.54, 1.807) is 39.0 Å². The number of benzene rings is 2. The van der Waals surface area contributed by atoms with Crippen LogP contribution >= 0.6 is 0 Å². The molecule has 164 valence electrons. The van der Waals surface area contributed by atoms with E-state index in [2.05, 4.69) is 26.1 Å². The average molecular weight is 431 g/mol. The van der Waals surface area contributed by atoms with Gasteiger partial charge in [-0.2, -0.15) is 0 Å². The van der Waals surface area contributed by atoms with E-state index in [4.69, 9.17) is 4.84 Å². The number of nitrogens with zero attached hydrogens (tertiary/aromatic N) is 1. The smallest absolute Gasteiger partial charge is 0.255 e. The number of amides is 1. The second-order valence-corrected chi connectivity index (χ2v) is 8.08. The van der Waals surface area contributed by atoms with Crippen LogP contribution in [0.5, 0.6) is 0 Å². The number of hydrogen-bond acceptors (Lipinski definition) is 6. The van der Waals surface area contributed by atoms with Gasteiger partial charge in [-0.25, -0.2) is 4.98 Å². The van der Waals surface area contributed by atoms with Crippen molar-refractivity contribution < 1.29 is 9.63 Å². The van der Waals surface area contributed by atoms with Crippen molar-refractivity contribution in [3.8, 4) is 11.3 Å². The lowest BCUT2D eigenvalue weighted by Crippen LogP contribution is -2.47. The molecule has 0 saturated heterocycles. The van der Waals surface area contributed by atoms with Crippen LogP contribution in [0.3, 0.4) is 0 Å². The summed E-state index contributed by atoms with van der Waals surface area (Å²) >= 11 is 0. The molecule has 1 amide bonds. The third kappa shape index (κ3) is 4.40. The normalized spacial score (nSPS) is 17.4. The Labute approximate surface area is 185 Å². The van der Waals surface area contributed by atoms with Gasteiger partial charge in [-0.3, -0.25) is 14.6 Å². The van der Waals surface area contributed by atoms with Crippen molar-refractivity contribution in [2.75, 3.05) is 10.6 Å². The molecule has 32 heavy (non-hydrogen) atoms. The summed E-state index contributed by atoms with van der Waals surface area (Å²) in [6.45, 7) is 7.23. The van der Waals surface area contributed by atoms with Gasteiger partial charge in [0.2, 0.25) is 5.95 Å². The summed E-state index contributed by atoms with van der Waals surface area (Å²) in [6, 6.07) is 15.0. The first-order valence-corrected chi connectivity index (χ1v) is 10.2. The van der Waals surface area contributed by atoms with Gasteiger partial charge in [-0.05, 0) is 58.0 Å². The zero-order chi connectivity index (χ0) is 22.9. The summed E-state index contributed by atoms with van der Waals surface area (Å²) in [5, 5.41) is 6.03. The van der Waals surface area contributed by atoms with Crippen LogP contribution in [0.25, 0.3) is 11.3 Å². The molecule has 3 aromatic rings. The van der Waals surface area contributed by atoms with E-state index < -0.39 is 5.54 Å². The number of H-pyrrole nitrogens is 1. The lowest BCUT2D eigenvalue weighted by molar-refractivity contribution is -0.122. The van der Waals surface area contributed by atoms with Gasteiger partial charge >= 0.3 is 0 Å². The second-order valence-electron chi connectivity index (χ2n) is 8.08. The molecule has 8 nitrogen and oxygen atoms in total.